The van der Waals surface area contributed by atoms with E-state index in [9.17, 15) is 4.79 Å². The molecular formula is C12H25N3O. The van der Waals surface area contributed by atoms with Crippen LogP contribution in [0.25, 0.3) is 0 Å². The molecular weight excluding hydrogens is 202 g/mol. The molecule has 0 atom stereocenters. The van der Waals surface area contributed by atoms with Crippen molar-refractivity contribution in [2.45, 2.75) is 19.8 Å². The molecule has 1 heterocycles. The standard InChI is InChI=1S/C12H25N3O/c1-4-5-12(16)15-10-8-14(9-11-15)7-6-13(2)3/h4-11H2,1-3H3. The molecule has 1 rings (SSSR count). The number of carbonyl (C=O) groups excluding carboxylic acids is 1. The third-order valence-corrected chi connectivity index (χ3v) is 3.05. The maximum Gasteiger partial charge on any atom is 0.222 e. The fourth-order valence-electron chi connectivity index (χ4n) is 1.93. The Balaban J connectivity index is 2.20. The number of rotatable bonds is 5. The third-order valence-electron chi connectivity index (χ3n) is 3.05. The largest absolute Gasteiger partial charge is 0.340 e. The van der Waals surface area contributed by atoms with Crippen molar-refractivity contribution in [1.82, 2.24) is 14.7 Å². The molecule has 16 heavy (non-hydrogen) atoms. The van der Waals surface area contributed by atoms with Gasteiger partial charge in [0.15, 0.2) is 0 Å². The molecule has 94 valence electrons. The van der Waals surface area contributed by atoms with E-state index < -0.39 is 0 Å². The predicted octanol–water partition coefficient (Wildman–Crippen LogP) is 0.492. The van der Waals surface area contributed by atoms with Crippen molar-refractivity contribution in [3.05, 3.63) is 0 Å². The topological polar surface area (TPSA) is 26.8 Å². The van der Waals surface area contributed by atoms with Crippen molar-refractivity contribution in [2.75, 3.05) is 53.4 Å². The summed E-state index contributed by atoms with van der Waals surface area (Å²) in [4.78, 5) is 18.3. The fourth-order valence-corrected chi connectivity index (χ4v) is 1.93. The summed E-state index contributed by atoms with van der Waals surface area (Å²) in [5.41, 5.74) is 0. The van der Waals surface area contributed by atoms with E-state index in [1.807, 2.05) is 4.90 Å². The summed E-state index contributed by atoms with van der Waals surface area (Å²) in [5, 5.41) is 0. The molecule has 0 spiro atoms. The second-order valence-corrected chi connectivity index (χ2v) is 4.78. The molecule has 4 nitrogen and oxygen atoms in total. The lowest BCUT2D eigenvalue weighted by atomic mass is 10.2. The molecule has 1 fully saturated rings. The van der Waals surface area contributed by atoms with Gasteiger partial charge in [0.2, 0.25) is 5.91 Å². The zero-order chi connectivity index (χ0) is 12.0. The molecule has 0 aliphatic carbocycles. The SMILES string of the molecule is CCCC(=O)N1CCN(CCN(C)C)CC1. The smallest absolute Gasteiger partial charge is 0.222 e. The molecule has 1 aliphatic rings. The first-order valence-electron chi connectivity index (χ1n) is 6.28. The van der Waals surface area contributed by atoms with Gasteiger partial charge in [0.1, 0.15) is 0 Å². The van der Waals surface area contributed by atoms with E-state index >= 15 is 0 Å². The number of amides is 1. The first-order chi connectivity index (χ1) is 7.63. The summed E-state index contributed by atoms with van der Waals surface area (Å²) >= 11 is 0. The van der Waals surface area contributed by atoms with E-state index in [1.165, 1.54) is 0 Å². The summed E-state index contributed by atoms with van der Waals surface area (Å²) < 4.78 is 0. The van der Waals surface area contributed by atoms with Gasteiger partial charge in [0.05, 0.1) is 0 Å². The van der Waals surface area contributed by atoms with Crippen molar-refractivity contribution >= 4 is 5.91 Å². The second kappa shape index (κ2) is 6.86. The van der Waals surface area contributed by atoms with Crippen LogP contribution in [0.2, 0.25) is 0 Å². The van der Waals surface area contributed by atoms with Crippen LogP contribution in [0.4, 0.5) is 0 Å². The van der Waals surface area contributed by atoms with Crippen LogP contribution in [0.3, 0.4) is 0 Å². The molecule has 0 aromatic carbocycles. The average molecular weight is 227 g/mol. The van der Waals surface area contributed by atoms with Crippen LogP contribution in [-0.4, -0.2) is 74.0 Å². The molecule has 0 unspecified atom stereocenters. The van der Waals surface area contributed by atoms with Crippen LogP contribution < -0.4 is 0 Å². The molecule has 0 N–H and O–H groups in total. The zero-order valence-corrected chi connectivity index (χ0v) is 10.9. The van der Waals surface area contributed by atoms with Gasteiger partial charge in [-0.1, -0.05) is 6.92 Å². The lowest BCUT2D eigenvalue weighted by Gasteiger charge is -2.35. The van der Waals surface area contributed by atoms with Gasteiger partial charge in [-0.2, -0.15) is 0 Å². The predicted molar refractivity (Wildman–Crippen MR) is 66.5 cm³/mol. The zero-order valence-electron chi connectivity index (χ0n) is 10.9. The minimum Gasteiger partial charge on any atom is -0.340 e. The van der Waals surface area contributed by atoms with Crippen molar-refractivity contribution in [3.63, 3.8) is 0 Å². The van der Waals surface area contributed by atoms with Crippen molar-refractivity contribution in [2.24, 2.45) is 0 Å². The molecule has 1 saturated heterocycles. The van der Waals surface area contributed by atoms with E-state index in [-0.39, 0.29) is 0 Å². The van der Waals surface area contributed by atoms with Gasteiger partial charge in [0, 0.05) is 45.7 Å². The highest BCUT2D eigenvalue weighted by molar-refractivity contribution is 5.76. The van der Waals surface area contributed by atoms with Gasteiger partial charge in [-0.05, 0) is 20.5 Å². The summed E-state index contributed by atoms with van der Waals surface area (Å²) in [7, 11) is 4.20. The number of nitrogens with zero attached hydrogens (tertiary/aromatic N) is 3. The second-order valence-electron chi connectivity index (χ2n) is 4.78. The Hall–Kier alpha value is -0.610. The third kappa shape index (κ3) is 4.49. The number of piperazine rings is 1. The van der Waals surface area contributed by atoms with Gasteiger partial charge in [-0.15, -0.1) is 0 Å². The maximum atomic E-state index is 11.7. The van der Waals surface area contributed by atoms with Gasteiger partial charge in [0.25, 0.3) is 0 Å². The molecule has 0 bridgehead atoms. The number of carbonyl (C=O) groups is 1. The lowest BCUT2D eigenvalue weighted by molar-refractivity contribution is -0.133. The Morgan fingerprint density at radius 2 is 1.81 bits per heavy atom. The van der Waals surface area contributed by atoms with Crippen molar-refractivity contribution in [1.29, 1.82) is 0 Å². The number of likely N-dealkylation sites (N-methyl/N-ethyl adjacent to an activating group) is 1. The fraction of sp³-hybridized carbons (Fsp3) is 0.917. The van der Waals surface area contributed by atoms with E-state index in [2.05, 4.69) is 30.8 Å². The molecule has 0 aromatic heterocycles. The highest BCUT2D eigenvalue weighted by Gasteiger charge is 2.19. The van der Waals surface area contributed by atoms with E-state index in [0.29, 0.717) is 12.3 Å². The molecule has 0 aromatic rings. The van der Waals surface area contributed by atoms with E-state index in [0.717, 1.165) is 45.7 Å². The molecule has 1 amide bonds. The van der Waals surface area contributed by atoms with Crippen LogP contribution in [0.1, 0.15) is 19.8 Å². The minimum absolute atomic E-state index is 0.328. The highest BCUT2D eigenvalue weighted by atomic mass is 16.2. The normalized spacial score (nSPS) is 18.1. The number of hydrogen-bond donors (Lipinski definition) is 0. The maximum absolute atomic E-state index is 11.7. The van der Waals surface area contributed by atoms with E-state index in [1.54, 1.807) is 0 Å². The van der Waals surface area contributed by atoms with Crippen molar-refractivity contribution in [3.8, 4) is 0 Å². The average Bonchev–Trinajstić information content (AvgIpc) is 2.27. The Morgan fingerprint density at radius 1 is 1.19 bits per heavy atom. The summed E-state index contributed by atoms with van der Waals surface area (Å²) in [5.74, 6) is 0.328. The lowest BCUT2D eigenvalue weighted by Crippen LogP contribution is -2.49. The summed E-state index contributed by atoms with van der Waals surface area (Å²) in [6.07, 6.45) is 1.66. The Kier molecular flexibility index (Phi) is 5.77. The van der Waals surface area contributed by atoms with Crippen molar-refractivity contribution < 1.29 is 4.79 Å². The van der Waals surface area contributed by atoms with E-state index in [4.69, 9.17) is 0 Å². The van der Waals surface area contributed by atoms with Gasteiger partial charge >= 0.3 is 0 Å². The van der Waals surface area contributed by atoms with Crippen LogP contribution in [0.5, 0.6) is 0 Å². The van der Waals surface area contributed by atoms with Gasteiger partial charge < -0.3 is 9.80 Å². The van der Waals surface area contributed by atoms with Crippen LogP contribution in [-0.2, 0) is 4.79 Å². The first kappa shape index (κ1) is 13.5. The van der Waals surface area contributed by atoms with Gasteiger partial charge in [-0.3, -0.25) is 9.69 Å². The Bertz CT molecular complexity index is 210. The molecule has 1 aliphatic heterocycles. The van der Waals surface area contributed by atoms with Crippen LogP contribution in [0.15, 0.2) is 0 Å². The van der Waals surface area contributed by atoms with Crippen LogP contribution in [0, 0.1) is 0 Å². The minimum atomic E-state index is 0.328. The molecule has 4 heteroatoms. The Morgan fingerprint density at radius 3 is 2.31 bits per heavy atom. The van der Waals surface area contributed by atoms with Gasteiger partial charge in [-0.25, -0.2) is 0 Å². The van der Waals surface area contributed by atoms with Crippen LogP contribution >= 0.6 is 0 Å². The monoisotopic (exact) mass is 227 g/mol. The number of hydrogen-bond acceptors (Lipinski definition) is 3. The molecule has 0 radical (unpaired) electrons. The quantitative estimate of drug-likeness (QED) is 0.684. The highest BCUT2D eigenvalue weighted by Crippen LogP contribution is 2.04. The summed E-state index contributed by atoms with van der Waals surface area (Å²) in [6.45, 7) is 8.15. The first-order valence-corrected chi connectivity index (χ1v) is 6.28. The Labute approximate surface area is 99.2 Å². The molecule has 0 saturated carbocycles. The summed E-state index contributed by atoms with van der Waals surface area (Å²) in [6, 6.07) is 0.